The van der Waals surface area contributed by atoms with Crippen molar-refractivity contribution in [2.75, 3.05) is 19.7 Å². The van der Waals surface area contributed by atoms with Gasteiger partial charge in [-0.3, -0.25) is 4.90 Å². The van der Waals surface area contributed by atoms with Crippen molar-refractivity contribution in [2.45, 2.75) is 25.5 Å². The van der Waals surface area contributed by atoms with Crippen molar-refractivity contribution in [3.8, 4) is 0 Å². The molecular weight excluding hydrogens is 290 g/mol. The molecule has 122 valence electrons. The molecule has 1 aromatic carbocycles. The lowest BCUT2D eigenvalue weighted by molar-refractivity contribution is 0.111. The number of aliphatic hydroxyl groups is 2. The van der Waals surface area contributed by atoms with Gasteiger partial charge in [-0.2, -0.15) is 0 Å². The topological polar surface area (TPSA) is 72.4 Å². The number of benzene rings is 1. The fourth-order valence-electron chi connectivity index (χ4n) is 4.54. The fourth-order valence-corrected chi connectivity index (χ4v) is 4.54. The van der Waals surface area contributed by atoms with E-state index in [4.69, 9.17) is 0 Å². The second kappa shape index (κ2) is 5.44. The Morgan fingerprint density at radius 1 is 1.35 bits per heavy atom. The summed E-state index contributed by atoms with van der Waals surface area (Å²) in [5.74, 6) is 0.388. The summed E-state index contributed by atoms with van der Waals surface area (Å²) in [6, 6.07) is 10.3. The highest BCUT2D eigenvalue weighted by molar-refractivity contribution is 5.36. The molecule has 0 unspecified atom stereocenters. The van der Waals surface area contributed by atoms with Gasteiger partial charge >= 0.3 is 0 Å². The molecule has 4 rings (SSSR count). The molecule has 2 fully saturated rings. The van der Waals surface area contributed by atoms with Crippen LogP contribution in [-0.2, 0) is 6.54 Å². The van der Waals surface area contributed by atoms with Gasteiger partial charge in [0, 0.05) is 37.4 Å². The van der Waals surface area contributed by atoms with Crippen LogP contribution in [0.1, 0.15) is 22.9 Å². The number of rotatable bonds is 4. The number of aryl methyl sites for hydroxylation is 1. The molecule has 1 aliphatic heterocycles. The zero-order chi connectivity index (χ0) is 16.0. The van der Waals surface area contributed by atoms with Crippen molar-refractivity contribution in [2.24, 2.45) is 11.3 Å². The fraction of sp³-hybridized carbons (Fsp3) is 0.500. The Morgan fingerprint density at radius 2 is 2.13 bits per heavy atom. The average Bonchev–Trinajstić information content (AvgIpc) is 2.85. The van der Waals surface area contributed by atoms with Crippen LogP contribution in [0.25, 0.3) is 0 Å². The van der Waals surface area contributed by atoms with Gasteiger partial charge in [0.1, 0.15) is 0 Å². The number of nitrogens with zero attached hydrogens (tertiary/aromatic N) is 2. The zero-order valence-corrected chi connectivity index (χ0v) is 13.3. The summed E-state index contributed by atoms with van der Waals surface area (Å²) in [5.41, 5.74) is 3.13. The first-order valence-corrected chi connectivity index (χ1v) is 8.22. The van der Waals surface area contributed by atoms with Gasteiger partial charge in [-0.1, -0.05) is 30.3 Å². The lowest BCUT2D eigenvalue weighted by Crippen LogP contribution is -2.23. The second-order valence-corrected chi connectivity index (χ2v) is 6.95. The number of aliphatic hydroxyl groups excluding tert-OH is 2. The van der Waals surface area contributed by atoms with Crippen molar-refractivity contribution in [1.82, 2.24) is 14.9 Å². The van der Waals surface area contributed by atoms with E-state index in [1.807, 2.05) is 25.1 Å². The number of aromatic amines is 1. The summed E-state index contributed by atoms with van der Waals surface area (Å²) in [7, 11) is 0. The van der Waals surface area contributed by atoms with E-state index in [0.717, 1.165) is 24.5 Å². The van der Waals surface area contributed by atoms with Crippen LogP contribution in [0.5, 0.6) is 0 Å². The van der Waals surface area contributed by atoms with E-state index >= 15 is 0 Å². The first-order chi connectivity index (χ1) is 11.2. The summed E-state index contributed by atoms with van der Waals surface area (Å²) < 4.78 is 0. The van der Waals surface area contributed by atoms with Gasteiger partial charge in [-0.05, 0) is 24.3 Å². The number of hydrogen-bond acceptors (Lipinski definition) is 4. The third-order valence-corrected chi connectivity index (χ3v) is 5.77. The number of β-amino-alcohol motifs (C(OH)–C–C–N with tert-alkyl or cyclic N) is 1. The molecule has 4 atom stereocenters. The molecule has 5 nitrogen and oxygen atoms in total. The number of H-pyrrole nitrogens is 1. The van der Waals surface area contributed by atoms with Crippen LogP contribution in [0.3, 0.4) is 0 Å². The molecule has 2 aliphatic rings. The largest absolute Gasteiger partial charge is 0.396 e. The van der Waals surface area contributed by atoms with Crippen LogP contribution in [0.4, 0.5) is 0 Å². The average molecular weight is 313 g/mol. The Bertz CT molecular complexity index is 687. The Hall–Kier alpha value is -1.69. The third kappa shape index (κ3) is 2.23. The quantitative estimate of drug-likeness (QED) is 0.795. The van der Waals surface area contributed by atoms with Crippen LogP contribution < -0.4 is 0 Å². The van der Waals surface area contributed by atoms with E-state index < -0.39 is 6.10 Å². The predicted octanol–water partition coefficient (Wildman–Crippen LogP) is 1.29. The number of hydrogen-bond donors (Lipinski definition) is 3. The van der Waals surface area contributed by atoms with E-state index in [9.17, 15) is 10.2 Å². The number of aromatic nitrogens is 2. The minimum atomic E-state index is -0.399. The Labute approximate surface area is 136 Å². The highest BCUT2D eigenvalue weighted by Crippen LogP contribution is 2.68. The molecule has 0 amide bonds. The molecule has 1 aromatic heterocycles. The number of imidazole rings is 1. The van der Waals surface area contributed by atoms with Gasteiger partial charge in [0.2, 0.25) is 0 Å². The molecule has 0 bridgehead atoms. The Balaban J connectivity index is 1.56. The number of nitrogens with one attached hydrogen (secondary N) is 1. The first kappa shape index (κ1) is 14.9. The summed E-state index contributed by atoms with van der Waals surface area (Å²) in [4.78, 5) is 9.73. The normalized spacial score (nSPS) is 33.4. The maximum Gasteiger partial charge on any atom is 0.0925 e. The van der Waals surface area contributed by atoms with Crippen LogP contribution in [0, 0.1) is 18.3 Å². The van der Waals surface area contributed by atoms with E-state index in [0.29, 0.717) is 6.54 Å². The minimum Gasteiger partial charge on any atom is -0.396 e. The molecule has 1 saturated heterocycles. The van der Waals surface area contributed by atoms with Crippen molar-refractivity contribution < 1.29 is 10.2 Å². The molecule has 3 N–H and O–H groups in total. The summed E-state index contributed by atoms with van der Waals surface area (Å²) in [6.45, 7) is 4.35. The first-order valence-electron chi connectivity index (χ1n) is 8.22. The summed E-state index contributed by atoms with van der Waals surface area (Å²) in [6.07, 6.45) is 1.32. The maximum absolute atomic E-state index is 10.7. The Kier molecular flexibility index (Phi) is 3.52. The smallest absolute Gasteiger partial charge is 0.0925 e. The third-order valence-electron chi connectivity index (χ3n) is 5.77. The zero-order valence-electron chi connectivity index (χ0n) is 13.3. The molecule has 5 heteroatoms. The molecular formula is C18H23N3O2. The van der Waals surface area contributed by atoms with Crippen molar-refractivity contribution in [1.29, 1.82) is 0 Å². The van der Waals surface area contributed by atoms with Gasteiger partial charge in [0.05, 0.1) is 18.1 Å². The molecule has 2 aromatic rings. The van der Waals surface area contributed by atoms with E-state index in [-0.39, 0.29) is 23.9 Å². The summed E-state index contributed by atoms with van der Waals surface area (Å²) >= 11 is 0. The van der Waals surface area contributed by atoms with Crippen LogP contribution in [0.15, 0.2) is 36.7 Å². The van der Waals surface area contributed by atoms with E-state index in [2.05, 4.69) is 27.0 Å². The summed E-state index contributed by atoms with van der Waals surface area (Å²) in [5, 5.41) is 20.6. The van der Waals surface area contributed by atoms with E-state index in [1.165, 1.54) is 5.56 Å². The lowest BCUT2D eigenvalue weighted by atomic mass is 9.95. The predicted molar refractivity (Wildman–Crippen MR) is 86.8 cm³/mol. The van der Waals surface area contributed by atoms with Crippen LogP contribution in [0.2, 0.25) is 0 Å². The maximum atomic E-state index is 10.7. The van der Waals surface area contributed by atoms with Crippen molar-refractivity contribution in [3.63, 3.8) is 0 Å². The molecule has 1 saturated carbocycles. The van der Waals surface area contributed by atoms with Gasteiger partial charge in [0.25, 0.3) is 0 Å². The number of likely N-dealkylation sites (tertiary alicyclic amines) is 1. The standard InChI is InChI=1S/C18H23N3O2/c1-12-15(20-11-19-12)7-21-8-16(23)18(10-21)14(9-22)17(18)13-5-3-2-4-6-13/h2-6,11,14,16-17,22-23H,7-10H2,1H3,(H,19,20)/t14-,16-,17-,18-/m1/s1. The van der Waals surface area contributed by atoms with Crippen LogP contribution in [-0.4, -0.2) is 50.9 Å². The molecule has 2 heterocycles. The molecule has 23 heavy (non-hydrogen) atoms. The molecule has 1 aliphatic carbocycles. The SMILES string of the molecule is Cc1[nH]cnc1CN1C[C@@H](O)[C@@]2(C1)[C@H](CO)[C@H]2c1ccccc1. The second-order valence-electron chi connectivity index (χ2n) is 6.95. The highest BCUT2D eigenvalue weighted by atomic mass is 16.3. The highest BCUT2D eigenvalue weighted by Gasteiger charge is 2.70. The van der Waals surface area contributed by atoms with E-state index in [1.54, 1.807) is 6.33 Å². The molecule has 1 spiro atoms. The van der Waals surface area contributed by atoms with Gasteiger partial charge in [0.15, 0.2) is 0 Å². The lowest BCUT2D eigenvalue weighted by Gasteiger charge is -2.16. The van der Waals surface area contributed by atoms with Gasteiger partial charge in [-0.25, -0.2) is 4.98 Å². The van der Waals surface area contributed by atoms with Gasteiger partial charge < -0.3 is 15.2 Å². The monoisotopic (exact) mass is 313 g/mol. The molecule has 0 radical (unpaired) electrons. The van der Waals surface area contributed by atoms with Crippen molar-refractivity contribution >= 4 is 0 Å². The van der Waals surface area contributed by atoms with Crippen molar-refractivity contribution in [3.05, 3.63) is 53.6 Å². The minimum absolute atomic E-state index is 0.131. The van der Waals surface area contributed by atoms with Crippen LogP contribution >= 0.6 is 0 Å². The van der Waals surface area contributed by atoms with Gasteiger partial charge in [-0.15, -0.1) is 0 Å². The Morgan fingerprint density at radius 3 is 2.78 bits per heavy atom.